The summed E-state index contributed by atoms with van der Waals surface area (Å²) in [7, 11) is 0. The van der Waals surface area contributed by atoms with E-state index >= 15 is 0 Å². The summed E-state index contributed by atoms with van der Waals surface area (Å²) < 4.78 is 0. The van der Waals surface area contributed by atoms with Crippen LogP contribution >= 0.6 is 0 Å². The Morgan fingerprint density at radius 2 is 2.45 bits per heavy atom. The number of aromatic amines is 1. The molecule has 4 nitrogen and oxygen atoms in total. The smallest absolute Gasteiger partial charge is 0.254 e. The third-order valence-electron chi connectivity index (χ3n) is 1.74. The van der Waals surface area contributed by atoms with Crippen LogP contribution in [0.3, 0.4) is 0 Å². The van der Waals surface area contributed by atoms with E-state index in [4.69, 9.17) is 5.26 Å². The first-order valence-electron chi connectivity index (χ1n) is 3.21. The van der Waals surface area contributed by atoms with E-state index in [0.717, 1.165) is 5.69 Å². The molecule has 0 spiro atoms. The number of hydrogen-bond acceptors (Lipinski definition) is 2. The monoisotopic (exact) mass is 147 g/mol. The zero-order chi connectivity index (χ0) is 7.84. The Morgan fingerprint density at radius 3 is 3.18 bits per heavy atom. The zero-order valence-electron chi connectivity index (χ0n) is 5.64. The van der Waals surface area contributed by atoms with Crippen molar-refractivity contribution in [2.45, 2.75) is 6.54 Å². The van der Waals surface area contributed by atoms with E-state index in [9.17, 15) is 4.79 Å². The van der Waals surface area contributed by atoms with Crippen molar-refractivity contribution in [3.63, 3.8) is 0 Å². The number of hydrogen-bond donors (Lipinski definition) is 2. The Labute approximate surface area is 62.8 Å². The fourth-order valence-electron chi connectivity index (χ4n) is 1.21. The zero-order valence-corrected chi connectivity index (χ0v) is 5.64. The molecule has 1 aromatic heterocycles. The van der Waals surface area contributed by atoms with Crippen LogP contribution in [0.4, 0.5) is 0 Å². The fraction of sp³-hybridized carbons (Fsp3) is 0.143. The third-order valence-corrected chi connectivity index (χ3v) is 1.74. The van der Waals surface area contributed by atoms with Gasteiger partial charge in [0, 0.05) is 11.9 Å². The van der Waals surface area contributed by atoms with Crippen LogP contribution in [-0.4, -0.2) is 10.9 Å². The second-order valence-electron chi connectivity index (χ2n) is 2.35. The molecule has 1 aliphatic heterocycles. The van der Waals surface area contributed by atoms with Crippen LogP contribution in [0.2, 0.25) is 0 Å². The molecular formula is C7H5N3O. The molecule has 2 rings (SSSR count). The van der Waals surface area contributed by atoms with Gasteiger partial charge in [-0.3, -0.25) is 4.79 Å². The standard InChI is InChI=1S/C7H5N3O/c8-1-4-2-9-5-3-10-7(11)6(4)5/h2,9H,3H2,(H,10,11). The molecule has 1 aliphatic rings. The molecular weight excluding hydrogens is 142 g/mol. The van der Waals surface area contributed by atoms with Gasteiger partial charge >= 0.3 is 0 Å². The minimum Gasteiger partial charge on any atom is -0.362 e. The molecule has 0 atom stereocenters. The lowest BCUT2D eigenvalue weighted by Crippen LogP contribution is -2.13. The molecule has 2 N–H and O–H groups in total. The van der Waals surface area contributed by atoms with Gasteiger partial charge in [0.1, 0.15) is 6.07 Å². The maximum absolute atomic E-state index is 11.0. The van der Waals surface area contributed by atoms with E-state index in [1.807, 2.05) is 6.07 Å². The first kappa shape index (κ1) is 5.98. The molecule has 0 aromatic carbocycles. The van der Waals surface area contributed by atoms with Crippen LogP contribution in [0.15, 0.2) is 6.20 Å². The number of H-pyrrole nitrogens is 1. The summed E-state index contributed by atoms with van der Waals surface area (Å²) in [6.45, 7) is 0.510. The molecule has 0 saturated carbocycles. The topological polar surface area (TPSA) is 68.7 Å². The van der Waals surface area contributed by atoms with Crippen LogP contribution in [-0.2, 0) is 6.54 Å². The Morgan fingerprint density at radius 1 is 1.64 bits per heavy atom. The number of fused-ring (bicyclic) bond motifs is 1. The molecule has 0 fully saturated rings. The Bertz CT molecular complexity index is 358. The summed E-state index contributed by atoms with van der Waals surface area (Å²) >= 11 is 0. The second-order valence-corrected chi connectivity index (χ2v) is 2.35. The number of nitrogens with one attached hydrogen (secondary N) is 2. The molecule has 0 unspecified atom stereocenters. The van der Waals surface area contributed by atoms with Crippen molar-refractivity contribution < 1.29 is 4.79 Å². The van der Waals surface area contributed by atoms with Crippen molar-refractivity contribution >= 4 is 5.91 Å². The van der Waals surface area contributed by atoms with E-state index in [1.165, 1.54) is 0 Å². The lowest BCUT2D eigenvalue weighted by molar-refractivity contribution is 0.0965. The first-order chi connectivity index (χ1) is 5.33. The van der Waals surface area contributed by atoms with Crippen molar-refractivity contribution in [3.05, 3.63) is 23.0 Å². The Balaban J connectivity index is 2.66. The first-order valence-corrected chi connectivity index (χ1v) is 3.21. The van der Waals surface area contributed by atoms with E-state index in [2.05, 4.69) is 10.3 Å². The largest absolute Gasteiger partial charge is 0.362 e. The number of amides is 1. The quantitative estimate of drug-likeness (QED) is 0.547. The normalized spacial score (nSPS) is 13.9. The highest BCUT2D eigenvalue weighted by atomic mass is 16.1. The highest BCUT2D eigenvalue weighted by Gasteiger charge is 2.23. The van der Waals surface area contributed by atoms with Gasteiger partial charge in [-0.2, -0.15) is 5.26 Å². The molecule has 1 amide bonds. The van der Waals surface area contributed by atoms with Crippen molar-refractivity contribution in [1.82, 2.24) is 10.3 Å². The predicted molar refractivity (Wildman–Crippen MR) is 36.7 cm³/mol. The number of rotatable bonds is 0. The van der Waals surface area contributed by atoms with E-state index in [1.54, 1.807) is 6.20 Å². The van der Waals surface area contributed by atoms with Gasteiger partial charge in [-0.25, -0.2) is 0 Å². The molecule has 0 saturated heterocycles. The number of carbonyl (C=O) groups is 1. The van der Waals surface area contributed by atoms with E-state index < -0.39 is 0 Å². The molecule has 1 aromatic rings. The van der Waals surface area contributed by atoms with E-state index in [-0.39, 0.29) is 5.91 Å². The average Bonchev–Trinajstić information content (AvgIpc) is 2.54. The fourth-order valence-corrected chi connectivity index (χ4v) is 1.21. The van der Waals surface area contributed by atoms with Crippen LogP contribution in [0, 0.1) is 11.3 Å². The van der Waals surface area contributed by atoms with Gasteiger partial charge in [0.2, 0.25) is 0 Å². The maximum atomic E-state index is 11.0. The SMILES string of the molecule is N#Cc1c[nH]c2c1C(=O)NC2. The summed E-state index contributed by atoms with van der Waals surface area (Å²) in [6.07, 6.45) is 1.56. The predicted octanol–water partition coefficient (Wildman–Crippen LogP) is 0.130. The van der Waals surface area contributed by atoms with Crippen LogP contribution in [0.5, 0.6) is 0 Å². The van der Waals surface area contributed by atoms with Gasteiger partial charge in [0.15, 0.2) is 0 Å². The number of nitriles is 1. The molecule has 2 heterocycles. The van der Waals surface area contributed by atoms with Crippen molar-refractivity contribution in [3.8, 4) is 6.07 Å². The lowest BCUT2D eigenvalue weighted by atomic mass is 10.2. The summed E-state index contributed by atoms with van der Waals surface area (Å²) in [5, 5.41) is 11.2. The van der Waals surface area contributed by atoms with Crippen molar-refractivity contribution in [2.24, 2.45) is 0 Å². The molecule has 0 aliphatic carbocycles. The van der Waals surface area contributed by atoms with Crippen LogP contribution in [0.25, 0.3) is 0 Å². The molecule has 0 radical (unpaired) electrons. The number of carbonyl (C=O) groups excluding carboxylic acids is 1. The van der Waals surface area contributed by atoms with Crippen molar-refractivity contribution in [2.75, 3.05) is 0 Å². The molecule has 0 bridgehead atoms. The maximum Gasteiger partial charge on any atom is 0.254 e. The number of aromatic nitrogens is 1. The summed E-state index contributed by atoms with van der Waals surface area (Å²) in [5.74, 6) is -0.155. The van der Waals surface area contributed by atoms with Crippen LogP contribution in [0.1, 0.15) is 21.6 Å². The van der Waals surface area contributed by atoms with Gasteiger partial charge in [-0.05, 0) is 0 Å². The highest BCUT2D eigenvalue weighted by molar-refractivity contribution is 6.00. The van der Waals surface area contributed by atoms with E-state index in [0.29, 0.717) is 17.7 Å². The summed E-state index contributed by atoms with van der Waals surface area (Å²) in [6, 6.07) is 1.95. The minimum absolute atomic E-state index is 0.155. The Hall–Kier alpha value is -1.76. The average molecular weight is 147 g/mol. The second kappa shape index (κ2) is 1.86. The summed E-state index contributed by atoms with van der Waals surface area (Å²) in [4.78, 5) is 13.9. The van der Waals surface area contributed by atoms with Crippen molar-refractivity contribution in [1.29, 1.82) is 5.26 Å². The van der Waals surface area contributed by atoms with Gasteiger partial charge < -0.3 is 10.3 Å². The molecule has 54 valence electrons. The highest BCUT2D eigenvalue weighted by Crippen LogP contribution is 2.17. The van der Waals surface area contributed by atoms with Gasteiger partial charge in [0.25, 0.3) is 5.91 Å². The molecule has 4 heteroatoms. The van der Waals surface area contributed by atoms with Gasteiger partial charge in [-0.15, -0.1) is 0 Å². The van der Waals surface area contributed by atoms with Gasteiger partial charge in [0.05, 0.1) is 17.7 Å². The Kier molecular flexibility index (Phi) is 1.01. The minimum atomic E-state index is -0.155. The molecule has 11 heavy (non-hydrogen) atoms. The van der Waals surface area contributed by atoms with Crippen LogP contribution < -0.4 is 5.32 Å². The number of nitrogens with zero attached hydrogens (tertiary/aromatic N) is 1. The third kappa shape index (κ3) is 0.649. The summed E-state index contributed by atoms with van der Waals surface area (Å²) in [5.41, 5.74) is 1.74. The van der Waals surface area contributed by atoms with Gasteiger partial charge in [-0.1, -0.05) is 0 Å². The lowest BCUT2D eigenvalue weighted by Gasteiger charge is -1.87.